The zero-order valence-corrected chi connectivity index (χ0v) is 11.8. The predicted molar refractivity (Wildman–Crippen MR) is 68.7 cm³/mol. The third kappa shape index (κ3) is 8.48. The number of ether oxygens (including phenoxy) is 1. The van der Waals surface area contributed by atoms with Crippen LogP contribution < -0.4 is 6.15 Å². The zero-order chi connectivity index (χ0) is 12.3. The molecule has 0 aliphatic rings. The predicted octanol–water partition coefficient (Wildman–Crippen LogP) is 3.87. The summed E-state index contributed by atoms with van der Waals surface area (Å²) in [6.07, 6.45) is 2.70. The van der Waals surface area contributed by atoms with Gasteiger partial charge in [0, 0.05) is 5.57 Å². The zero-order valence-electron chi connectivity index (χ0n) is 11.8. The third-order valence-corrected chi connectivity index (χ3v) is 1.65. The van der Waals surface area contributed by atoms with Crippen LogP contribution in [-0.2, 0) is 9.53 Å². The second kappa shape index (κ2) is 6.04. The van der Waals surface area contributed by atoms with Crippen LogP contribution in [0.1, 0.15) is 54.9 Å². The minimum Gasteiger partial charge on any atom is -0.457 e. The molecule has 0 aromatic rings. The summed E-state index contributed by atoms with van der Waals surface area (Å²) in [5.41, 5.74) is 0.364. The molecule has 16 heavy (non-hydrogen) atoms. The highest BCUT2D eigenvalue weighted by molar-refractivity contribution is 5.88. The summed E-state index contributed by atoms with van der Waals surface area (Å²) in [7, 11) is 0. The molecule has 0 fully saturated rings. The average molecular weight is 229 g/mol. The van der Waals surface area contributed by atoms with Crippen molar-refractivity contribution in [3.8, 4) is 0 Å². The summed E-state index contributed by atoms with van der Waals surface area (Å²) >= 11 is 0. The molecule has 96 valence electrons. The molecule has 0 heterocycles. The van der Waals surface area contributed by atoms with Crippen molar-refractivity contribution in [3.05, 3.63) is 11.6 Å². The summed E-state index contributed by atoms with van der Waals surface area (Å²) < 4.78 is 5.33. The second-order valence-electron chi connectivity index (χ2n) is 5.89. The molecule has 0 rings (SSSR count). The Kier molecular flexibility index (Phi) is 6.63. The summed E-state index contributed by atoms with van der Waals surface area (Å²) in [6, 6.07) is 0. The number of allylic oxidation sites excluding steroid dienone is 1. The monoisotopic (exact) mass is 229 g/mol. The van der Waals surface area contributed by atoms with Gasteiger partial charge in [0.25, 0.3) is 0 Å². The number of carbonyl (C=O) groups is 1. The highest BCUT2D eigenvalue weighted by Crippen LogP contribution is 2.21. The lowest BCUT2D eigenvalue weighted by molar-refractivity contribution is -0.150. The van der Waals surface area contributed by atoms with E-state index >= 15 is 0 Å². The summed E-state index contributed by atoms with van der Waals surface area (Å²) in [5, 5.41) is 0. The molecule has 0 aromatic heterocycles. The maximum Gasteiger partial charge on any atom is 0.334 e. The topological polar surface area (TPSA) is 61.3 Å². The first-order valence-corrected chi connectivity index (χ1v) is 5.50. The maximum absolute atomic E-state index is 11.8. The molecular formula is C13H27NO2. The molecular weight excluding hydrogens is 202 g/mol. The van der Waals surface area contributed by atoms with Gasteiger partial charge < -0.3 is 10.9 Å². The Morgan fingerprint density at radius 1 is 1.12 bits per heavy atom. The Balaban J connectivity index is 0. The third-order valence-electron chi connectivity index (χ3n) is 1.65. The van der Waals surface area contributed by atoms with Crippen molar-refractivity contribution in [1.82, 2.24) is 6.15 Å². The van der Waals surface area contributed by atoms with Crippen LogP contribution in [0, 0.1) is 5.41 Å². The minimum atomic E-state index is -0.413. The first kappa shape index (κ1) is 17.6. The lowest BCUT2D eigenvalue weighted by atomic mass is 9.92. The Hall–Kier alpha value is -0.830. The van der Waals surface area contributed by atoms with E-state index in [-0.39, 0.29) is 17.5 Å². The molecule has 3 heteroatoms. The molecule has 0 spiro atoms. The van der Waals surface area contributed by atoms with Gasteiger partial charge in [-0.2, -0.15) is 0 Å². The van der Waals surface area contributed by atoms with Crippen molar-refractivity contribution in [2.45, 2.75) is 60.5 Å². The van der Waals surface area contributed by atoms with Crippen molar-refractivity contribution in [2.75, 3.05) is 0 Å². The minimum absolute atomic E-state index is 0. The average Bonchev–Trinajstić information content (AvgIpc) is 1.94. The fraction of sp³-hybridized carbons (Fsp3) is 0.769. The number of hydrogen-bond acceptors (Lipinski definition) is 3. The van der Waals surface area contributed by atoms with Crippen LogP contribution in [0.15, 0.2) is 11.6 Å². The molecule has 0 saturated carbocycles. The van der Waals surface area contributed by atoms with Crippen LogP contribution in [0.2, 0.25) is 0 Å². The number of hydrogen-bond donors (Lipinski definition) is 1. The van der Waals surface area contributed by atoms with Gasteiger partial charge in [0.15, 0.2) is 0 Å². The van der Waals surface area contributed by atoms with E-state index in [9.17, 15) is 4.79 Å². The van der Waals surface area contributed by atoms with Crippen LogP contribution in [0.4, 0.5) is 0 Å². The molecule has 0 saturated heterocycles. The van der Waals surface area contributed by atoms with Gasteiger partial charge in [-0.1, -0.05) is 33.8 Å². The van der Waals surface area contributed by atoms with Gasteiger partial charge in [0.2, 0.25) is 0 Å². The van der Waals surface area contributed by atoms with Crippen molar-refractivity contribution < 1.29 is 9.53 Å². The van der Waals surface area contributed by atoms with Crippen LogP contribution in [0.25, 0.3) is 0 Å². The van der Waals surface area contributed by atoms with E-state index in [1.807, 2.05) is 33.8 Å². The van der Waals surface area contributed by atoms with Crippen LogP contribution >= 0.6 is 0 Å². The molecule has 3 nitrogen and oxygen atoms in total. The highest BCUT2D eigenvalue weighted by Gasteiger charge is 2.20. The maximum atomic E-state index is 11.8. The quantitative estimate of drug-likeness (QED) is 0.577. The van der Waals surface area contributed by atoms with E-state index in [0.29, 0.717) is 6.42 Å². The van der Waals surface area contributed by atoms with Gasteiger partial charge in [-0.3, -0.25) is 0 Å². The number of rotatable bonds is 2. The Labute approximate surface area is 99.8 Å². The highest BCUT2D eigenvalue weighted by atomic mass is 16.6. The van der Waals surface area contributed by atoms with E-state index < -0.39 is 5.60 Å². The molecule has 0 aliphatic carbocycles. The molecule has 0 aromatic carbocycles. The number of carbonyl (C=O) groups excluding carboxylic acids is 1. The molecule has 0 atom stereocenters. The van der Waals surface area contributed by atoms with E-state index in [1.165, 1.54) is 0 Å². The van der Waals surface area contributed by atoms with Crippen LogP contribution in [0.3, 0.4) is 0 Å². The van der Waals surface area contributed by atoms with E-state index in [1.54, 1.807) is 0 Å². The summed E-state index contributed by atoms with van der Waals surface area (Å²) in [4.78, 5) is 11.8. The van der Waals surface area contributed by atoms with Gasteiger partial charge in [0.05, 0.1) is 0 Å². The van der Waals surface area contributed by atoms with Gasteiger partial charge in [-0.15, -0.1) is 0 Å². The Bertz CT molecular complexity index is 254. The van der Waals surface area contributed by atoms with Gasteiger partial charge in [-0.25, -0.2) is 4.79 Å². The van der Waals surface area contributed by atoms with Crippen molar-refractivity contribution in [1.29, 1.82) is 0 Å². The van der Waals surface area contributed by atoms with Crippen molar-refractivity contribution in [3.63, 3.8) is 0 Å². The molecule has 3 N–H and O–H groups in total. The summed E-state index contributed by atoms with van der Waals surface area (Å²) in [5.74, 6) is -0.195. The van der Waals surface area contributed by atoms with E-state index in [4.69, 9.17) is 4.74 Å². The number of esters is 1. The van der Waals surface area contributed by atoms with Crippen molar-refractivity contribution in [2.24, 2.45) is 5.41 Å². The second-order valence-corrected chi connectivity index (χ2v) is 5.89. The normalized spacial score (nSPS) is 13.1. The Morgan fingerprint density at radius 3 is 1.81 bits per heavy atom. The van der Waals surface area contributed by atoms with Gasteiger partial charge in [0.1, 0.15) is 5.60 Å². The molecule has 0 amide bonds. The first-order valence-electron chi connectivity index (χ1n) is 5.50. The van der Waals surface area contributed by atoms with Gasteiger partial charge in [-0.05, 0) is 32.6 Å². The molecule has 0 unspecified atom stereocenters. The molecule has 0 bridgehead atoms. The van der Waals surface area contributed by atoms with Crippen LogP contribution in [-0.4, -0.2) is 11.6 Å². The Morgan fingerprint density at radius 2 is 1.56 bits per heavy atom. The largest absolute Gasteiger partial charge is 0.457 e. The lowest BCUT2D eigenvalue weighted by Crippen LogP contribution is -2.25. The first-order chi connectivity index (χ1) is 6.55. The van der Waals surface area contributed by atoms with E-state index in [2.05, 4.69) is 20.8 Å². The van der Waals surface area contributed by atoms with Gasteiger partial charge >= 0.3 is 5.97 Å². The fourth-order valence-corrected chi connectivity index (χ4v) is 1.17. The lowest BCUT2D eigenvalue weighted by Gasteiger charge is -2.22. The molecule has 0 radical (unpaired) electrons. The standard InChI is InChI=1S/C13H24O2.H3N/c1-8-10(9-12(2,3)4)11(14)15-13(5,6)7;/h9H,8H2,1-7H3;1H3. The fourth-order valence-electron chi connectivity index (χ4n) is 1.17. The SMILES string of the molecule is CCC(=CC(C)(C)C)C(=O)OC(C)(C)C.N. The summed E-state index contributed by atoms with van der Waals surface area (Å²) in [6.45, 7) is 13.9. The molecule has 0 aliphatic heterocycles. The van der Waals surface area contributed by atoms with E-state index in [0.717, 1.165) is 5.57 Å². The van der Waals surface area contributed by atoms with Crippen molar-refractivity contribution >= 4 is 5.97 Å². The smallest absolute Gasteiger partial charge is 0.334 e. The van der Waals surface area contributed by atoms with Crippen LogP contribution in [0.5, 0.6) is 0 Å².